The summed E-state index contributed by atoms with van der Waals surface area (Å²) in [5.41, 5.74) is 5.25. The molecule has 2 aliphatic rings. The number of methoxy groups -OCH3 is 4. The van der Waals surface area contributed by atoms with Gasteiger partial charge in [0.15, 0.2) is 11.5 Å². The monoisotopic (exact) mass is 369 g/mol. The van der Waals surface area contributed by atoms with Gasteiger partial charge in [-0.3, -0.25) is 4.90 Å². The Morgan fingerprint density at radius 3 is 2.30 bits per heavy atom. The molecule has 0 aliphatic carbocycles. The molecule has 0 N–H and O–H groups in total. The van der Waals surface area contributed by atoms with E-state index in [4.69, 9.17) is 18.9 Å². The van der Waals surface area contributed by atoms with Crippen molar-refractivity contribution >= 4 is 0 Å². The maximum absolute atomic E-state index is 5.74. The smallest absolute Gasteiger partial charge is 0.203 e. The minimum Gasteiger partial charge on any atom is -0.497 e. The normalized spacial score (nSPS) is 20.9. The molecule has 0 saturated carbocycles. The van der Waals surface area contributed by atoms with E-state index in [1.165, 1.54) is 22.3 Å². The van der Waals surface area contributed by atoms with Crippen molar-refractivity contribution in [2.45, 2.75) is 38.4 Å². The highest BCUT2D eigenvalue weighted by atomic mass is 16.5. The van der Waals surface area contributed by atoms with Gasteiger partial charge in [0, 0.05) is 24.2 Å². The lowest BCUT2D eigenvalue weighted by molar-refractivity contribution is 0.104. The molecular formula is C22H27NO4. The Balaban J connectivity index is 1.82. The van der Waals surface area contributed by atoms with E-state index in [0.717, 1.165) is 36.6 Å². The first kappa shape index (κ1) is 18.0. The van der Waals surface area contributed by atoms with Crippen LogP contribution in [-0.4, -0.2) is 39.4 Å². The number of rotatable bonds is 4. The number of nitrogens with zero attached hydrogens (tertiary/aromatic N) is 1. The van der Waals surface area contributed by atoms with Crippen LogP contribution in [0, 0.1) is 0 Å². The summed E-state index contributed by atoms with van der Waals surface area (Å²) in [6.45, 7) is 3.14. The van der Waals surface area contributed by atoms with Gasteiger partial charge in [-0.15, -0.1) is 0 Å². The second-order valence-corrected chi connectivity index (χ2v) is 7.29. The predicted octanol–water partition coefficient (Wildman–Crippen LogP) is 3.77. The lowest BCUT2D eigenvalue weighted by Gasteiger charge is -2.45. The lowest BCUT2D eigenvalue weighted by atomic mass is 9.81. The van der Waals surface area contributed by atoms with Gasteiger partial charge in [-0.1, -0.05) is 6.07 Å². The zero-order chi connectivity index (χ0) is 19.1. The summed E-state index contributed by atoms with van der Waals surface area (Å²) in [6, 6.07) is 9.38. The molecule has 5 nitrogen and oxygen atoms in total. The molecule has 0 amide bonds. The maximum atomic E-state index is 5.74. The van der Waals surface area contributed by atoms with Crippen LogP contribution in [0.5, 0.6) is 23.0 Å². The fourth-order valence-corrected chi connectivity index (χ4v) is 4.64. The first-order chi connectivity index (χ1) is 13.1. The van der Waals surface area contributed by atoms with Crippen LogP contribution >= 0.6 is 0 Å². The first-order valence-corrected chi connectivity index (χ1v) is 9.34. The van der Waals surface area contributed by atoms with Gasteiger partial charge < -0.3 is 18.9 Å². The minimum atomic E-state index is 0.352. The molecule has 2 aromatic carbocycles. The molecule has 0 spiro atoms. The minimum absolute atomic E-state index is 0.352. The third kappa shape index (κ3) is 2.81. The molecule has 2 atom stereocenters. The van der Waals surface area contributed by atoms with E-state index >= 15 is 0 Å². The quantitative estimate of drug-likeness (QED) is 0.821. The van der Waals surface area contributed by atoms with Crippen LogP contribution in [0.2, 0.25) is 0 Å². The summed E-state index contributed by atoms with van der Waals surface area (Å²) in [5.74, 6) is 3.11. The van der Waals surface area contributed by atoms with Crippen LogP contribution in [0.15, 0.2) is 24.3 Å². The standard InChI is InChI=1S/C22H27NO4/c1-13-8-14-9-16(24-2)6-7-17(14)19-10-15-11-20(25-3)22(27-5)21(26-4)18(15)12-23(13)19/h6-7,9,11,13,19H,8,10,12H2,1-5H3/t13-,19-/m0/s1. The van der Waals surface area contributed by atoms with Crippen molar-refractivity contribution in [1.82, 2.24) is 4.90 Å². The van der Waals surface area contributed by atoms with E-state index in [0.29, 0.717) is 17.8 Å². The highest BCUT2D eigenvalue weighted by Crippen LogP contribution is 2.49. The van der Waals surface area contributed by atoms with Gasteiger partial charge in [0.25, 0.3) is 0 Å². The molecule has 0 saturated heterocycles. The fourth-order valence-electron chi connectivity index (χ4n) is 4.64. The summed E-state index contributed by atoms with van der Waals surface area (Å²) in [5, 5.41) is 0. The number of benzene rings is 2. The number of hydrogen-bond donors (Lipinski definition) is 0. The van der Waals surface area contributed by atoms with Gasteiger partial charge in [0.2, 0.25) is 5.75 Å². The molecule has 144 valence electrons. The molecule has 0 fully saturated rings. The predicted molar refractivity (Wildman–Crippen MR) is 104 cm³/mol. The molecule has 0 aromatic heterocycles. The van der Waals surface area contributed by atoms with Gasteiger partial charge >= 0.3 is 0 Å². The zero-order valence-electron chi connectivity index (χ0n) is 16.7. The maximum Gasteiger partial charge on any atom is 0.203 e. The number of fused-ring (bicyclic) bond motifs is 4. The Morgan fingerprint density at radius 1 is 0.852 bits per heavy atom. The van der Waals surface area contributed by atoms with Crippen molar-refractivity contribution in [3.8, 4) is 23.0 Å². The van der Waals surface area contributed by atoms with Crippen molar-refractivity contribution < 1.29 is 18.9 Å². The fraction of sp³-hybridized carbons (Fsp3) is 0.455. The van der Waals surface area contributed by atoms with Gasteiger partial charge in [-0.05, 0) is 54.7 Å². The Hall–Kier alpha value is -2.40. The topological polar surface area (TPSA) is 40.2 Å². The number of ether oxygens (including phenoxy) is 4. The van der Waals surface area contributed by atoms with E-state index in [9.17, 15) is 0 Å². The molecule has 27 heavy (non-hydrogen) atoms. The third-order valence-electron chi connectivity index (χ3n) is 5.97. The summed E-state index contributed by atoms with van der Waals surface area (Å²) < 4.78 is 22.3. The molecule has 2 aliphatic heterocycles. The van der Waals surface area contributed by atoms with Crippen molar-refractivity contribution in [3.05, 3.63) is 46.5 Å². The average molecular weight is 369 g/mol. The van der Waals surface area contributed by atoms with Crippen LogP contribution in [0.4, 0.5) is 0 Å². The van der Waals surface area contributed by atoms with Gasteiger partial charge in [-0.2, -0.15) is 0 Å². The zero-order valence-corrected chi connectivity index (χ0v) is 16.7. The average Bonchev–Trinajstić information content (AvgIpc) is 2.70. The van der Waals surface area contributed by atoms with Gasteiger partial charge in [0.05, 0.1) is 28.4 Å². The highest BCUT2D eigenvalue weighted by Gasteiger charge is 2.38. The van der Waals surface area contributed by atoms with E-state index in [1.54, 1.807) is 28.4 Å². The molecule has 4 rings (SSSR count). The second kappa shape index (κ2) is 6.97. The van der Waals surface area contributed by atoms with E-state index in [1.807, 2.05) is 0 Å². The molecule has 5 heteroatoms. The Bertz CT molecular complexity index is 864. The van der Waals surface area contributed by atoms with Crippen LogP contribution in [-0.2, 0) is 19.4 Å². The van der Waals surface area contributed by atoms with Gasteiger partial charge in [-0.25, -0.2) is 0 Å². The van der Waals surface area contributed by atoms with Crippen molar-refractivity contribution in [2.75, 3.05) is 28.4 Å². The van der Waals surface area contributed by atoms with E-state index in [-0.39, 0.29) is 0 Å². The van der Waals surface area contributed by atoms with Crippen LogP contribution < -0.4 is 18.9 Å². The Morgan fingerprint density at radius 2 is 1.63 bits per heavy atom. The van der Waals surface area contributed by atoms with Crippen molar-refractivity contribution in [1.29, 1.82) is 0 Å². The van der Waals surface area contributed by atoms with Crippen molar-refractivity contribution in [3.63, 3.8) is 0 Å². The summed E-state index contributed by atoms with van der Waals surface area (Å²) >= 11 is 0. The molecule has 0 unspecified atom stereocenters. The molecule has 2 heterocycles. The number of hydrogen-bond acceptors (Lipinski definition) is 5. The summed E-state index contributed by atoms with van der Waals surface area (Å²) in [7, 11) is 6.75. The summed E-state index contributed by atoms with van der Waals surface area (Å²) in [4.78, 5) is 2.57. The molecular weight excluding hydrogens is 342 g/mol. The van der Waals surface area contributed by atoms with Crippen LogP contribution in [0.1, 0.15) is 35.2 Å². The van der Waals surface area contributed by atoms with E-state index < -0.39 is 0 Å². The van der Waals surface area contributed by atoms with E-state index in [2.05, 4.69) is 36.1 Å². The Labute approximate surface area is 160 Å². The van der Waals surface area contributed by atoms with Gasteiger partial charge in [0.1, 0.15) is 5.75 Å². The Kier molecular flexibility index (Phi) is 4.64. The summed E-state index contributed by atoms with van der Waals surface area (Å²) in [6.07, 6.45) is 1.95. The molecule has 2 aromatic rings. The second-order valence-electron chi connectivity index (χ2n) is 7.29. The molecule has 0 radical (unpaired) electrons. The molecule has 0 bridgehead atoms. The van der Waals surface area contributed by atoms with Crippen LogP contribution in [0.25, 0.3) is 0 Å². The first-order valence-electron chi connectivity index (χ1n) is 9.34. The lowest BCUT2D eigenvalue weighted by Crippen LogP contribution is -2.45. The highest BCUT2D eigenvalue weighted by molar-refractivity contribution is 5.60. The van der Waals surface area contributed by atoms with Crippen LogP contribution in [0.3, 0.4) is 0 Å². The SMILES string of the molecule is COc1ccc2c(c1)C[C@H](C)N1Cc3c(cc(OC)c(OC)c3OC)C[C@@H]21. The largest absolute Gasteiger partial charge is 0.497 e. The third-order valence-corrected chi connectivity index (χ3v) is 5.97. The van der Waals surface area contributed by atoms with Crippen molar-refractivity contribution in [2.24, 2.45) is 0 Å².